The zero-order chi connectivity index (χ0) is 12.4. The van der Waals surface area contributed by atoms with E-state index in [1.54, 1.807) is 7.11 Å². The van der Waals surface area contributed by atoms with Gasteiger partial charge >= 0.3 is 0 Å². The smallest absolute Gasteiger partial charge is 0.145 e. The Labute approximate surface area is 106 Å². The fourth-order valence-electron chi connectivity index (χ4n) is 2.09. The maximum absolute atomic E-state index is 5.31. The lowest BCUT2D eigenvalue weighted by atomic mass is 10.1. The third-order valence-corrected chi connectivity index (χ3v) is 3.00. The largest absolute Gasteiger partial charge is 0.494 e. The van der Waals surface area contributed by atoms with E-state index in [1.165, 1.54) is 5.56 Å². The molecule has 3 aromatic rings. The van der Waals surface area contributed by atoms with Crippen molar-refractivity contribution in [1.29, 1.82) is 0 Å². The van der Waals surface area contributed by atoms with E-state index < -0.39 is 0 Å². The molecule has 18 heavy (non-hydrogen) atoms. The van der Waals surface area contributed by atoms with E-state index in [-0.39, 0.29) is 0 Å². The first-order valence-corrected chi connectivity index (χ1v) is 5.86. The molecule has 0 N–H and O–H groups in total. The Morgan fingerprint density at radius 2 is 1.72 bits per heavy atom. The number of hydrogen-bond donors (Lipinski definition) is 0. The minimum absolute atomic E-state index is 0.812. The quantitative estimate of drug-likeness (QED) is 0.671. The first-order chi connectivity index (χ1) is 8.88. The number of ether oxygens (including phenoxy) is 1. The van der Waals surface area contributed by atoms with Crippen molar-refractivity contribution in [2.24, 2.45) is 0 Å². The average molecular weight is 235 g/mol. The molecule has 0 radical (unpaired) electrons. The summed E-state index contributed by atoms with van der Waals surface area (Å²) in [6, 6.07) is 18.4. The van der Waals surface area contributed by atoms with Gasteiger partial charge in [0.15, 0.2) is 0 Å². The number of pyridine rings is 1. The molecule has 2 heteroatoms. The van der Waals surface area contributed by atoms with Crippen LogP contribution in [-0.4, -0.2) is 12.1 Å². The van der Waals surface area contributed by atoms with Crippen LogP contribution in [0.15, 0.2) is 60.8 Å². The number of aromatic nitrogens is 1. The first-order valence-electron chi connectivity index (χ1n) is 5.86. The Balaban J connectivity index is 2.18. The normalized spacial score (nSPS) is 10.5. The molecule has 0 saturated carbocycles. The van der Waals surface area contributed by atoms with Gasteiger partial charge in [-0.25, -0.2) is 0 Å². The second kappa shape index (κ2) is 4.49. The number of benzene rings is 2. The van der Waals surface area contributed by atoms with E-state index in [0.29, 0.717) is 0 Å². The van der Waals surface area contributed by atoms with Gasteiger partial charge in [0.1, 0.15) is 11.3 Å². The standard InChI is InChI=1S/C16H13NO/c1-18-15-9-5-8-13-10-14(11-17-16(13)15)12-6-3-2-4-7-12/h2-11H,1H3. The number of rotatable bonds is 2. The van der Waals surface area contributed by atoms with Gasteiger partial charge in [0, 0.05) is 17.1 Å². The van der Waals surface area contributed by atoms with E-state index in [9.17, 15) is 0 Å². The number of nitrogens with zero attached hydrogens (tertiary/aromatic N) is 1. The van der Waals surface area contributed by atoms with Crippen LogP contribution in [0.2, 0.25) is 0 Å². The van der Waals surface area contributed by atoms with E-state index in [4.69, 9.17) is 4.74 Å². The monoisotopic (exact) mass is 235 g/mol. The SMILES string of the molecule is COc1cccc2cc(-c3ccccc3)cnc12. The van der Waals surface area contributed by atoms with Crippen LogP contribution in [0.4, 0.5) is 0 Å². The van der Waals surface area contributed by atoms with Crippen LogP contribution in [0.25, 0.3) is 22.0 Å². The fraction of sp³-hybridized carbons (Fsp3) is 0.0625. The van der Waals surface area contributed by atoms with Crippen molar-refractivity contribution in [3.8, 4) is 16.9 Å². The lowest BCUT2D eigenvalue weighted by molar-refractivity contribution is 0.419. The van der Waals surface area contributed by atoms with Gasteiger partial charge in [-0.2, -0.15) is 0 Å². The van der Waals surface area contributed by atoms with Gasteiger partial charge in [-0.3, -0.25) is 4.98 Å². The van der Waals surface area contributed by atoms with Crippen molar-refractivity contribution < 1.29 is 4.74 Å². The van der Waals surface area contributed by atoms with Crippen molar-refractivity contribution in [2.75, 3.05) is 7.11 Å². The molecule has 0 aliphatic rings. The predicted octanol–water partition coefficient (Wildman–Crippen LogP) is 3.91. The third-order valence-electron chi connectivity index (χ3n) is 3.00. The predicted molar refractivity (Wildman–Crippen MR) is 73.7 cm³/mol. The van der Waals surface area contributed by atoms with Gasteiger partial charge < -0.3 is 4.74 Å². The second-order valence-electron chi connectivity index (χ2n) is 4.12. The molecule has 2 nitrogen and oxygen atoms in total. The Hall–Kier alpha value is -2.35. The Bertz CT molecular complexity index is 677. The van der Waals surface area contributed by atoms with Crippen molar-refractivity contribution in [1.82, 2.24) is 4.98 Å². The summed E-state index contributed by atoms with van der Waals surface area (Å²) in [4.78, 5) is 4.50. The minimum Gasteiger partial charge on any atom is -0.494 e. The number of methoxy groups -OCH3 is 1. The molecule has 0 fully saturated rings. The summed E-state index contributed by atoms with van der Waals surface area (Å²) >= 11 is 0. The molecular formula is C16H13NO. The number of hydrogen-bond acceptors (Lipinski definition) is 2. The van der Waals surface area contributed by atoms with Crippen LogP contribution in [0.1, 0.15) is 0 Å². The second-order valence-corrected chi connectivity index (χ2v) is 4.12. The molecule has 1 aromatic heterocycles. The van der Waals surface area contributed by atoms with Gasteiger partial charge in [-0.15, -0.1) is 0 Å². The molecule has 1 heterocycles. The summed E-state index contributed by atoms with van der Waals surface area (Å²) in [7, 11) is 1.67. The number of fused-ring (bicyclic) bond motifs is 1. The number of para-hydroxylation sites is 1. The minimum atomic E-state index is 0.812. The maximum Gasteiger partial charge on any atom is 0.145 e. The lowest BCUT2D eigenvalue weighted by Crippen LogP contribution is -1.88. The Kier molecular flexibility index (Phi) is 2.69. The van der Waals surface area contributed by atoms with Crippen LogP contribution in [-0.2, 0) is 0 Å². The summed E-state index contributed by atoms with van der Waals surface area (Å²) in [5, 5.41) is 1.09. The van der Waals surface area contributed by atoms with Crippen LogP contribution in [0.5, 0.6) is 5.75 Å². The first kappa shape index (κ1) is 10.8. The zero-order valence-corrected chi connectivity index (χ0v) is 10.1. The molecule has 0 atom stereocenters. The van der Waals surface area contributed by atoms with Crippen molar-refractivity contribution in [3.05, 3.63) is 60.8 Å². The molecule has 2 aromatic carbocycles. The van der Waals surface area contributed by atoms with Crippen molar-refractivity contribution in [3.63, 3.8) is 0 Å². The zero-order valence-electron chi connectivity index (χ0n) is 10.1. The van der Waals surface area contributed by atoms with Gasteiger partial charge in [0.25, 0.3) is 0 Å². The molecule has 0 saturated heterocycles. The van der Waals surface area contributed by atoms with Crippen LogP contribution in [0, 0.1) is 0 Å². The summed E-state index contributed by atoms with van der Waals surface area (Å²) in [5.41, 5.74) is 3.20. The molecule has 0 bridgehead atoms. The highest BCUT2D eigenvalue weighted by Crippen LogP contribution is 2.27. The summed E-state index contributed by atoms with van der Waals surface area (Å²) in [6.07, 6.45) is 1.89. The van der Waals surface area contributed by atoms with Gasteiger partial charge in [0.2, 0.25) is 0 Å². The molecule has 0 spiro atoms. The van der Waals surface area contributed by atoms with Gasteiger partial charge in [0.05, 0.1) is 7.11 Å². The van der Waals surface area contributed by atoms with Crippen LogP contribution in [0.3, 0.4) is 0 Å². The highest BCUT2D eigenvalue weighted by molar-refractivity contribution is 5.87. The highest BCUT2D eigenvalue weighted by atomic mass is 16.5. The summed E-state index contributed by atoms with van der Waals surface area (Å²) < 4.78 is 5.31. The van der Waals surface area contributed by atoms with Gasteiger partial charge in [-0.1, -0.05) is 42.5 Å². The van der Waals surface area contributed by atoms with E-state index in [0.717, 1.165) is 22.2 Å². The summed E-state index contributed by atoms with van der Waals surface area (Å²) in [5.74, 6) is 0.812. The summed E-state index contributed by atoms with van der Waals surface area (Å²) in [6.45, 7) is 0. The highest BCUT2D eigenvalue weighted by Gasteiger charge is 2.04. The van der Waals surface area contributed by atoms with E-state index >= 15 is 0 Å². The molecule has 0 aliphatic heterocycles. The topological polar surface area (TPSA) is 22.1 Å². The molecule has 0 aliphatic carbocycles. The maximum atomic E-state index is 5.31. The average Bonchev–Trinajstić information content (AvgIpc) is 2.47. The van der Waals surface area contributed by atoms with Crippen molar-refractivity contribution >= 4 is 10.9 Å². The fourth-order valence-corrected chi connectivity index (χ4v) is 2.09. The third kappa shape index (κ3) is 1.82. The molecule has 88 valence electrons. The van der Waals surface area contributed by atoms with Crippen LogP contribution >= 0.6 is 0 Å². The molecule has 0 unspecified atom stereocenters. The Morgan fingerprint density at radius 1 is 0.889 bits per heavy atom. The van der Waals surface area contributed by atoms with E-state index in [2.05, 4.69) is 29.2 Å². The Morgan fingerprint density at radius 3 is 2.50 bits per heavy atom. The van der Waals surface area contributed by atoms with E-state index in [1.807, 2.05) is 36.5 Å². The molecule has 3 rings (SSSR count). The van der Waals surface area contributed by atoms with Gasteiger partial charge in [-0.05, 0) is 17.7 Å². The molecular weight excluding hydrogens is 222 g/mol. The lowest BCUT2D eigenvalue weighted by Gasteiger charge is -2.06. The van der Waals surface area contributed by atoms with Crippen LogP contribution < -0.4 is 4.74 Å². The van der Waals surface area contributed by atoms with Crippen molar-refractivity contribution in [2.45, 2.75) is 0 Å². The molecule has 0 amide bonds.